The second-order valence-corrected chi connectivity index (χ2v) is 18.2. The largest absolute Gasteiger partial charge is 0.458 e. The van der Waals surface area contributed by atoms with Gasteiger partial charge in [0.15, 0.2) is 18.2 Å². The van der Waals surface area contributed by atoms with Gasteiger partial charge in [0.2, 0.25) is 0 Å². The minimum absolute atomic E-state index is 0.114. The molecule has 0 unspecified atom stereocenters. The second-order valence-electron chi connectivity index (χ2n) is 18.2. The third-order valence-electron chi connectivity index (χ3n) is 13.6. The van der Waals surface area contributed by atoms with Crippen molar-refractivity contribution < 1.29 is 62.5 Å². The molecule has 0 bridgehead atoms. The van der Waals surface area contributed by atoms with Gasteiger partial charge in [-0.15, -0.1) is 0 Å². The first-order chi connectivity index (χ1) is 26.5. The Morgan fingerprint density at radius 2 is 1.51 bits per heavy atom. The van der Waals surface area contributed by atoms with Gasteiger partial charge in [-0.25, -0.2) is 4.79 Å². The first kappa shape index (κ1) is 47.7. The van der Waals surface area contributed by atoms with Crippen molar-refractivity contribution >= 4 is 17.8 Å². The van der Waals surface area contributed by atoms with Crippen LogP contribution in [0.4, 0.5) is 4.79 Å². The van der Waals surface area contributed by atoms with Gasteiger partial charge < -0.3 is 57.9 Å². The molecule has 1 amide bonds. The van der Waals surface area contributed by atoms with Crippen molar-refractivity contribution in [3.63, 3.8) is 0 Å². The molecule has 0 spiro atoms. The zero-order chi connectivity index (χ0) is 42.9. The summed E-state index contributed by atoms with van der Waals surface area (Å²) in [5.41, 5.74) is -3.59. The Morgan fingerprint density at radius 3 is 2.07 bits per heavy atom. The van der Waals surface area contributed by atoms with E-state index in [4.69, 9.17) is 37.9 Å². The Kier molecular flexibility index (Phi) is 15.7. The number of aliphatic hydroxyl groups is 2. The molecular weight excluding hydrogens is 740 g/mol. The van der Waals surface area contributed by atoms with Crippen LogP contribution in [0.5, 0.6) is 0 Å². The van der Waals surface area contributed by atoms with Gasteiger partial charge in [-0.05, 0) is 81.3 Å². The molecule has 4 saturated heterocycles. The van der Waals surface area contributed by atoms with Crippen molar-refractivity contribution in [1.29, 1.82) is 0 Å². The Hall–Kier alpha value is -1.95. The van der Waals surface area contributed by atoms with Crippen LogP contribution in [0.25, 0.3) is 0 Å². The van der Waals surface area contributed by atoms with Gasteiger partial charge in [0.1, 0.15) is 24.1 Å². The number of carbonyl (C=O) groups is 3. The molecule has 2 N–H and O–H groups in total. The standard InChI is InChI=1S/C42H74N2O13/c1-16-18-44-34-24(5)31(45)22(3)20-41(10,51-15)36(56-38-32(46)28(43(12)13)19-23(4)52-38)25(6)33(55-30-21-40(9,50-14)35(47)27(8)53-30)26(7)37(48)54-29(17-2)42(34,11)57-39(44)49/h22-30,32-36,38,46-47H,16-21H2,1-15H3/t22-,23-,24+,25+,26-,27+,28+,29-,30+,32-,33+,34-,35+,36-,38+,40-,41-,42-/m1/s1. The van der Waals surface area contributed by atoms with Crippen LogP contribution in [0.1, 0.15) is 108 Å². The highest BCUT2D eigenvalue weighted by molar-refractivity contribution is 5.85. The number of rotatable bonds is 10. The summed E-state index contributed by atoms with van der Waals surface area (Å²) in [5, 5.41) is 22.7. The molecule has 4 aliphatic rings. The number of esters is 1. The molecule has 4 heterocycles. The van der Waals surface area contributed by atoms with Crippen molar-refractivity contribution in [2.75, 3.05) is 34.9 Å². The third-order valence-corrected chi connectivity index (χ3v) is 13.6. The van der Waals surface area contributed by atoms with E-state index in [1.165, 1.54) is 7.11 Å². The molecule has 0 saturated carbocycles. The summed E-state index contributed by atoms with van der Waals surface area (Å²) < 4.78 is 51.0. The summed E-state index contributed by atoms with van der Waals surface area (Å²) in [6, 6.07) is -1.00. The van der Waals surface area contributed by atoms with Crippen LogP contribution in [0.2, 0.25) is 0 Å². The lowest BCUT2D eigenvalue weighted by atomic mass is 9.73. The number of aliphatic hydroxyl groups excluding tert-OH is 2. The molecular formula is C42H74N2O13. The molecule has 4 aliphatic heterocycles. The fourth-order valence-corrected chi connectivity index (χ4v) is 10.1. The number of likely N-dealkylation sites (N-methyl/N-ethyl adjacent to an activating group) is 1. The molecule has 15 heteroatoms. The molecule has 330 valence electrons. The fraction of sp³-hybridized carbons (Fsp3) is 0.929. The van der Waals surface area contributed by atoms with E-state index >= 15 is 0 Å². The van der Waals surface area contributed by atoms with Crippen molar-refractivity contribution in [1.82, 2.24) is 9.80 Å². The zero-order valence-electron chi connectivity index (χ0n) is 37.2. The molecule has 18 atom stereocenters. The average Bonchev–Trinajstić information content (AvgIpc) is 3.41. The smallest absolute Gasteiger partial charge is 0.410 e. The molecule has 0 aromatic carbocycles. The van der Waals surface area contributed by atoms with Gasteiger partial charge in [0.05, 0.1) is 47.6 Å². The van der Waals surface area contributed by atoms with Gasteiger partial charge in [-0.2, -0.15) is 0 Å². The van der Waals surface area contributed by atoms with Crippen molar-refractivity contribution in [2.24, 2.45) is 23.7 Å². The molecule has 15 nitrogen and oxygen atoms in total. The summed E-state index contributed by atoms with van der Waals surface area (Å²) in [7, 11) is 6.87. The quantitative estimate of drug-likeness (QED) is 0.299. The Balaban J connectivity index is 1.90. The maximum absolute atomic E-state index is 14.7. The Morgan fingerprint density at radius 1 is 0.877 bits per heavy atom. The minimum atomic E-state index is -1.35. The van der Waals surface area contributed by atoms with Crippen LogP contribution >= 0.6 is 0 Å². The van der Waals surface area contributed by atoms with Crippen LogP contribution in [0, 0.1) is 23.7 Å². The summed E-state index contributed by atoms with van der Waals surface area (Å²) >= 11 is 0. The number of carbonyl (C=O) groups excluding carboxylic acids is 3. The monoisotopic (exact) mass is 815 g/mol. The van der Waals surface area contributed by atoms with Crippen LogP contribution in [0.3, 0.4) is 0 Å². The molecule has 0 radical (unpaired) electrons. The first-order valence-corrected chi connectivity index (χ1v) is 21.0. The molecule has 4 rings (SSSR count). The van der Waals surface area contributed by atoms with E-state index in [-0.39, 0.29) is 30.8 Å². The fourth-order valence-electron chi connectivity index (χ4n) is 10.1. The number of hydrogen-bond acceptors (Lipinski definition) is 14. The van der Waals surface area contributed by atoms with E-state index in [0.717, 1.165) is 0 Å². The third kappa shape index (κ3) is 9.52. The molecule has 4 fully saturated rings. The minimum Gasteiger partial charge on any atom is -0.458 e. The number of hydrogen-bond donors (Lipinski definition) is 2. The summed E-state index contributed by atoms with van der Waals surface area (Å²) in [6.45, 7) is 20.5. The van der Waals surface area contributed by atoms with E-state index in [1.807, 2.05) is 67.5 Å². The molecule has 0 aromatic heterocycles. The Labute approximate surface area is 340 Å². The van der Waals surface area contributed by atoms with Crippen molar-refractivity contribution in [3.8, 4) is 0 Å². The maximum atomic E-state index is 14.7. The number of ketones is 1. The molecule has 0 aromatic rings. The predicted molar refractivity (Wildman–Crippen MR) is 210 cm³/mol. The summed E-state index contributed by atoms with van der Waals surface area (Å²) in [6.07, 6.45) is -6.49. The van der Waals surface area contributed by atoms with E-state index in [1.54, 1.807) is 39.7 Å². The molecule has 57 heavy (non-hydrogen) atoms. The highest BCUT2D eigenvalue weighted by Gasteiger charge is 2.60. The normalized spacial score (nSPS) is 46.7. The average molecular weight is 815 g/mol. The van der Waals surface area contributed by atoms with Crippen LogP contribution in [-0.4, -0.2) is 157 Å². The van der Waals surface area contributed by atoms with Gasteiger partial charge in [0.25, 0.3) is 0 Å². The van der Waals surface area contributed by atoms with Gasteiger partial charge in [-0.1, -0.05) is 34.6 Å². The van der Waals surface area contributed by atoms with Crippen LogP contribution in [-0.2, 0) is 47.5 Å². The maximum Gasteiger partial charge on any atom is 0.410 e. The molecule has 0 aliphatic carbocycles. The van der Waals surface area contributed by atoms with E-state index in [0.29, 0.717) is 25.8 Å². The van der Waals surface area contributed by atoms with Gasteiger partial charge in [-0.3, -0.25) is 9.59 Å². The van der Waals surface area contributed by atoms with E-state index < -0.39 is 108 Å². The highest BCUT2D eigenvalue weighted by atomic mass is 16.7. The predicted octanol–water partition coefficient (Wildman–Crippen LogP) is 4.32. The van der Waals surface area contributed by atoms with Gasteiger partial charge in [0, 0.05) is 51.0 Å². The highest BCUT2D eigenvalue weighted by Crippen LogP contribution is 2.44. The number of nitrogens with zero attached hydrogens (tertiary/aromatic N) is 2. The number of cyclic esters (lactones) is 1. The number of Topliss-reactive ketones (excluding diaryl/α,β-unsaturated/α-hetero) is 1. The number of fused-ring (bicyclic) bond motifs is 1. The van der Waals surface area contributed by atoms with E-state index in [2.05, 4.69) is 0 Å². The lowest BCUT2D eigenvalue weighted by molar-refractivity contribution is -0.319. The summed E-state index contributed by atoms with van der Waals surface area (Å²) in [5.74, 6) is -3.69. The van der Waals surface area contributed by atoms with E-state index in [9.17, 15) is 24.6 Å². The first-order valence-electron chi connectivity index (χ1n) is 21.0. The van der Waals surface area contributed by atoms with Crippen LogP contribution < -0.4 is 0 Å². The van der Waals surface area contributed by atoms with Crippen molar-refractivity contribution in [3.05, 3.63) is 0 Å². The Bertz CT molecular complexity index is 1390. The SMILES string of the molecule is CCCN1C(=O)O[C@]2(C)[C@@H](CC)OC(=O)[C@H](C)[C@@H](O[C@H]3C[C@@](C)(OC)[C@@H](O)[C@H](C)O3)[C@H](C)[C@@H](O[C@@H]3O[C@H](C)C[C@H](N(C)C)[C@H]3O)[C@](C)(OC)C[C@@H](C)C(=O)[C@H](C)[C@@H]12. The lowest BCUT2D eigenvalue weighted by Gasteiger charge is -2.50. The van der Waals surface area contributed by atoms with Crippen molar-refractivity contribution in [2.45, 2.75) is 192 Å². The number of ether oxygens (including phenoxy) is 8. The number of amides is 1. The number of methoxy groups -OCH3 is 2. The second kappa shape index (κ2) is 18.8. The zero-order valence-corrected chi connectivity index (χ0v) is 37.2. The summed E-state index contributed by atoms with van der Waals surface area (Å²) in [4.78, 5) is 46.5. The van der Waals surface area contributed by atoms with Crippen LogP contribution in [0.15, 0.2) is 0 Å². The lowest BCUT2D eigenvalue weighted by Crippen LogP contribution is -2.61. The topological polar surface area (TPSA) is 172 Å². The van der Waals surface area contributed by atoms with Gasteiger partial charge >= 0.3 is 12.1 Å².